The van der Waals surface area contributed by atoms with E-state index in [2.05, 4.69) is 10.3 Å². The third kappa shape index (κ3) is 4.38. The van der Waals surface area contributed by atoms with Crippen LogP contribution in [0.1, 0.15) is 38.2 Å². The second-order valence-electron chi connectivity index (χ2n) is 6.27. The van der Waals surface area contributed by atoms with Crippen molar-refractivity contribution in [2.75, 3.05) is 0 Å². The van der Waals surface area contributed by atoms with Crippen molar-refractivity contribution in [3.05, 3.63) is 36.0 Å². The molecule has 1 saturated carbocycles. The molecule has 7 nitrogen and oxygen atoms in total. The highest BCUT2D eigenvalue weighted by Crippen LogP contribution is 2.27. The Morgan fingerprint density at radius 1 is 1.12 bits per heavy atom. The van der Waals surface area contributed by atoms with Gasteiger partial charge in [-0.3, -0.25) is 4.18 Å². The number of hydrogen-bond acceptors (Lipinski definition) is 6. The summed E-state index contributed by atoms with van der Waals surface area (Å²) < 4.78 is 37.8. The molecule has 8 heteroatoms. The largest absolute Gasteiger partial charge is 0.473 e. The van der Waals surface area contributed by atoms with Crippen molar-refractivity contribution in [1.82, 2.24) is 15.0 Å². The number of rotatable bonds is 6. The Morgan fingerprint density at radius 3 is 2.40 bits per heavy atom. The summed E-state index contributed by atoms with van der Waals surface area (Å²) in [4.78, 5) is 0.203. The summed E-state index contributed by atoms with van der Waals surface area (Å²) in [5.74, 6) is 0.652. The molecule has 0 radical (unpaired) electrons. The predicted molar refractivity (Wildman–Crippen MR) is 91.8 cm³/mol. The van der Waals surface area contributed by atoms with E-state index in [0.717, 1.165) is 18.4 Å². The zero-order chi connectivity index (χ0) is 17.9. The smallest absolute Gasteiger partial charge is 0.297 e. The first-order valence-corrected chi connectivity index (χ1v) is 9.94. The van der Waals surface area contributed by atoms with Crippen LogP contribution in [0.15, 0.2) is 35.4 Å². The molecule has 0 saturated heterocycles. The molecule has 0 N–H and O–H groups in total. The number of nitrogens with zero attached hydrogens (tertiary/aromatic N) is 3. The van der Waals surface area contributed by atoms with Gasteiger partial charge < -0.3 is 4.74 Å². The molecule has 0 bridgehead atoms. The zero-order valence-corrected chi connectivity index (χ0v) is 15.3. The molecule has 0 amide bonds. The first-order valence-electron chi connectivity index (χ1n) is 8.53. The summed E-state index contributed by atoms with van der Waals surface area (Å²) in [6, 6.07) is 6.70. The van der Waals surface area contributed by atoms with Crippen LogP contribution >= 0.6 is 0 Å². The van der Waals surface area contributed by atoms with E-state index >= 15 is 0 Å². The van der Waals surface area contributed by atoms with Crippen LogP contribution in [0.2, 0.25) is 0 Å². The van der Waals surface area contributed by atoms with Crippen LogP contribution in [0.4, 0.5) is 0 Å². The maximum atomic E-state index is 12.4. The van der Waals surface area contributed by atoms with Crippen LogP contribution in [0.25, 0.3) is 0 Å². The summed E-state index contributed by atoms with van der Waals surface area (Å²) in [6.07, 6.45) is 4.10. The minimum Gasteiger partial charge on any atom is -0.473 e. The lowest BCUT2D eigenvalue weighted by Gasteiger charge is -2.28. The number of benzene rings is 1. The Hall–Kier alpha value is -1.93. The Morgan fingerprint density at radius 2 is 1.76 bits per heavy atom. The molecule has 1 aromatic carbocycles. The Bertz CT molecular complexity index is 794. The summed E-state index contributed by atoms with van der Waals surface area (Å²) in [5.41, 5.74) is 1.01. The molecule has 3 rings (SSSR count). The lowest BCUT2D eigenvalue weighted by atomic mass is 9.95. The minimum absolute atomic E-state index is 0.0331. The van der Waals surface area contributed by atoms with Gasteiger partial charge in [-0.1, -0.05) is 22.9 Å². The van der Waals surface area contributed by atoms with E-state index in [9.17, 15) is 8.42 Å². The summed E-state index contributed by atoms with van der Waals surface area (Å²) in [6.45, 7) is 4.59. The second kappa shape index (κ2) is 7.53. The quantitative estimate of drug-likeness (QED) is 0.732. The molecule has 0 unspecified atom stereocenters. The molecule has 136 valence electrons. The van der Waals surface area contributed by atoms with Crippen molar-refractivity contribution in [2.45, 2.75) is 63.2 Å². The first kappa shape index (κ1) is 17.9. The third-order valence-corrected chi connectivity index (χ3v) is 5.74. The normalized spacial score (nSPS) is 21.2. The summed E-state index contributed by atoms with van der Waals surface area (Å²) in [7, 11) is -3.72. The molecule has 0 atom stereocenters. The first-order chi connectivity index (χ1) is 12.0. The van der Waals surface area contributed by atoms with Gasteiger partial charge in [0.25, 0.3) is 10.1 Å². The highest BCUT2D eigenvalue weighted by Gasteiger charge is 2.28. The molecule has 1 aliphatic rings. The van der Waals surface area contributed by atoms with Crippen molar-refractivity contribution in [3.63, 3.8) is 0 Å². The Balaban J connectivity index is 1.54. The molecule has 2 aromatic rings. The van der Waals surface area contributed by atoms with Gasteiger partial charge in [0.05, 0.1) is 11.0 Å². The van der Waals surface area contributed by atoms with Gasteiger partial charge in [-0.25, -0.2) is 4.68 Å². The van der Waals surface area contributed by atoms with E-state index in [1.54, 1.807) is 35.1 Å². The van der Waals surface area contributed by atoms with Crippen LogP contribution in [-0.2, 0) is 20.8 Å². The molecule has 25 heavy (non-hydrogen) atoms. The van der Waals surface area contributed by atoms with E-state index in [1.807, 2.05) is 13.8 Å². The Labute approximate surface area is 148 Å². The Kier molecular flexibility index (Phi) is 5.39. The molecule has 1 heterocycles. The van der Waals surface area contributed by atoms with Crippen LogP contribution in [0.3, 0.4) is 0 Å². The van der Waals surface area contributed by atoms with Crippen molar-refractivity contribution < 1.29 is 17.3 Å². The SMILES string of the molecule is CCn1nncc1O[C@H]1CC[C@H](OS(=O)(=O)c2ccc(C)cc2)CC1. The average Bonchev–Trinajstić information content (AvgIpc) is 3.04. The van der Waals surface area contributed by atoms with Crippen molar-refractivity contribution in [2.24, 2.45) is 0 Å². The van der Waals surface area contributed by atoms with Crippen LogP contribution < -0.4 is 4.74 Å². The van der Waals surface area contributed by atoms with E-state index in [-0.39, 0.29) is 17.1 Å². The molecule has 1 aromatic heterocycles. The van der Waals surface area contributed by atoms with E-state index in [0.29, 0.717) is 25.3 Å². The van der Waals surface area contributed by atoms with Crippen molar-refractivity contribution in [1.29, 1.82) is 0 Å². The highest BCUT2D eigenvalue weighted by molar-refractivity contribution is 7.86. The van der Waals surface area contributed by atoms with Gasteiger partial charge in [0.1, 0.15) is 12.3 Å². The standard InChI is InChI=1S/C17H23N3O4S/c1-3-20-17(12-18-19-20)23-14-6-8-15(9-7-14)24-25(21,22)16-10-4-13(2)5-11-16/h4-5,10-12,14-15H,3,6-9H2,1-2H3/t14-,15-. The summed E-state index contributed by atoms with van der Waals surface area (Å²) in [5, 5.41) is 7.79. The van der Waals surface area contributed by atoms with Crippen LogP contribution in [-0.4, -0.2) is 35.6 Å². The van der Waals surface area contributed by atoms with E-state index in [1.165, 1.54) is 0 Å². The van der Waals surface area contributed by atoms with E-state index in [4.69, 9.17) is 8.92 Å². The van der Waals surface area contributed by atoms with Gasteiger partial charge in [-0.05, 0) is 51.7 Å². The lowest BCUT2D eigenvalue weighted by Crippen LogP contribution is -2.30. The van der Waals surface area contributed by atoms with Gasteiger partial charge in [-0.15, -0.1) is 5.10 Å². The topological polar surface area (TPSA) is 83.3 Å². The van der Waals surface area contributed by atoms with E-state index < -0.39 is 10.1 Å². The number of hydrogen-bond donors (Lipinski definition) is 0. The zero-order valence-electron chi connectivity index (χ0n) is 14.5. The molecule has 1 aliphatic carbocycles. The number of ether oxygens (including phenoxy) is 1. The second-order valence-corrected chi connectivity index (χ2v) is 7.84. The van der Waals surface area contributed by atoms with Gasteiger partial charge in [0, 0.05) is 6.54 Å². The van der Waals surface area contributed by atoms with Crippen molar-refractivity contribution >= 4 is 10.1 Å². The maximum Gasteiger partial charge on any atom is 0.297 e. The van der Waals surface area contributed by atoms with Gasteiger partial charge in [0.2, 0.25) is 5.88 Å². The van der Waals surface area contributed by atoms with Crippen LogP contribution in [0, 0.1) is 6.92 Å². The fraction of sp³-hybridized carbons (Fsp3) is 0.529. The summed E-state index contributed by atoms with van der Waals surface area (Å²) >= 11 is 0. The maximum absolute atomic E-state index is 12.4. The van der Waals surface area contributed by atoms with Crippen molar-refractivity contribution in [3.8, 4) is 5.88 Å². The molecular weight excluding hydrogens is 342 g/mol. The molecule has 0 spiro atoms. The monoisotopic (exact) mass is 365 g/mol. The fourth-order valence-electron chi connectivity index (χ4n) is 2.92. The number of aromatic nitrogens is 3. The van der Waals surface area contributed by atoms with Gasteiger partial charge in [-0.2, -0.15) is 8.42 Å². The fourth-order valence-corrected chi connectivity index (χ4v) is 4.05. The van der Waals surface area contributed by atoms with Gasteiger partial charge >= 0.3 is 0 Å². The highest BCUT2D eigenvalue weighted by atomic mass is 32.2. The third-order valence-electron chi connectivity index (χ3n) is 4.36. The minimum atomic E-state index is -3.72. The number of aryl methyl sites for hydroxylation is 2. The average molecular weight is 365 g/mol. The lowest BCUT2D eigenvalue weighted by molar-refractivity contribution is 0.0780. The molecular formula is C17H23N3O4S. The molecule has 0 aliphatic heterocycles. The van der Waals surface area contributed by atoms with Crippen LogP contribution in [0.5, 0.6) is 5.88 Å². The molecule has 1 fully saturated rings. The van der Waals surface area contributed by atoms with Gasteiger partial charge in [0.15, 0.2) is 0 Å². The predicted octanol–water partition coefficient (Wildman–Crippen LogP) is 2.70.